The molecule has 7 nitrogen and oxygen atoms in total. The molecule has 2 heterocycles. The normalized spacial score (nSPS) is 14.4. The van der Waals surface area contributed by atoms with Crippen LogP contribution < -0.4 is 9.64 Å². The second kappa shape index (κ2) is 9.67. The fourth-order valence-corrected chi connectivity index (χ4v) is 4.25. The van der Waals surface area contributed by atoms with Crippen LogP contribution in [0.5, 0.6) is 5.75 Å². The lowest BCUT2D eigenvalue weighted by molar-refractivity contribution is 0.0767. The van der Waals surface area contributed by atoms with Gasteiger partial charge in [-0.05, 0) is 48.4 Å². The molecule has 1 N–H and O–H groups in total. The van der Waals surface area contributed by atoms with Crippen molar-refractivity contribution < 1.29 is 9.53 Å². The zero-order valence-corrected chi connectivity index (χ0v) is 17.8. The SMILES string of the molecule is COc1ccc(N2CCCN(C(=O)c3ccc(CSc4ncn[nH]4)cc3)CC2)cc1. The highest BCUT2D eigenvalue weighted by Crippen LogP contribution is 2.22. The predicted octanol–water partition coefficient (Wildman–Crippen LogP) is 3.46. The number of carbonyl (C=O) groups is 1. The average molecular weight is 424 g/mol. The van der Waals surface area contributed by atoms with Gasteiger partial charge in [0.2, 0.25) is 0 Å². The summed E-state index contributed by atoms with van der Waals surface area (Å²) in [6, 6.07) is 16.0. The van der Waals surface area contributed by atoms with E-state index in [1.54, 1.807) is 18.9 Å². The number of benzene rings is 2. The van der Waals surface area contributed by atoms with E-state index in [-0.39, 0.29) is 5.91 Å². The quantitative estimate of drug-likeness (QED) is 0.612. The Hall–Kier alpha value is -3.00. The number of hydrogen-bond acceptors (Lipinski definition) is 6. The Morgan fingerprint density at radius 2 is 1.87 bits per heavy atom. The Labute approximate surface area is 180 Å². The van der Waals surface area contributed by atoms with Crippen LogP contribution in [-0.4, -0.2) is 59.3 Å². The first-order valence-electron chi connectivity index (χ1n) is 9.98. The largest absolute Gasteiger partial charge is 0.497 e. The van der Waals surface area contributed by atoms with Crippen LogP contribution in [0.4, 0.5) is 5.69 Å². The van der Waals surface area contributed by atoms with Gasteiger partial charge in [0, 0.05) is 43.2 Å². The van der Waals surface area contributed by atoms with E-state index in [4.69, 9.17) is 4.74 Å². The maximum Gasteiger partial charge on any atom is 0.253 e. The minimum absolute atomic E-state index is 0.0982. The second-order valence-electron chi connectivity index (χ2n) is 7.11. The van der Waals surface area contributed by atoms with Gasteiger partial charge in [0.05, 0.1) is 7.11 Å². The summed E-state index contributed by atoms with van der Waals surface area (Å²) in [7, 11) is 1.67. The molecule has 1 amide bonds. The van der Waals surface area contributed by atoms with Crippen LogP contribution in [0.2, 0.25) is 0 Å². The molecule has 1 fully saturated rings. The van der Waals surface area contributed by atoms with Gasteiger partial charge < -0.3 is 14.5 Å². The van der Waals surface area contributed by atoms with Crippen molar-refractivity contribution in [3.8, 4) is 5.75 Å². The Kier molecular flexibility index (Phi) is 6.53. The van der Waals surface area contributed by atoms with E-state index >= 15 is 0 Å². The summed E-state index contributed by atoms with van der Waals surface area (Å²) in [5.74, 6) is 1.73. The highest BCUT2D eigenvalue weighted by Gasteiger charge is 2.20. The summed E-state index contributed by atoms with van der Waals surface area (Å²) in [5, 5.41) is 7.48. The monoisotopic (exact) mass is 423 g/mol. The molecule has 1 aliphatic rings. The average Bonchev–Trinajstić information content (AvgIpc) is 3.20. The molecule has 1 aliphatic heterocycles. The lowest BCUT2D eigenvalue weighted by atomic mass is 10.1. The van der Waals surface area contributed by atoms with Crippen molar-refractivity contribution >= 4 is 23.4 Å². The van der Waals surface area contributed by atoms with E-state index in [1.807, 2.05) is 41.3 Å². The van der Waals surface area contributed by atoms with Crippen molar-refractivity contribution in [3.63, 3.8) is 0 Å². The van der Waals surface area contributed by atoms with Gasteiger partial charge in [-0.2, -0.15) is 5.10 Å². The van der Waals surface area contributed by atoms with Crippen molar-refractivity contribution in [2.24, 2.45) is 0 Å². The highest BCUT2D eigenvalue weighted by molar-refractivity contribution is 7.98. The van der Waals surface area contributed by atoms with Gasteiger partial charge >= 0.3 is 0 Å². The topological polar surface area (TPSA) is 74.3 Å². The molecule has 0 spiro atoms. The molecular formula is C22H25N5O2S. The Balaban J connectivity index is 1.33. The number of thioether (sulfide) groups is 1. The first-order valence-corrected chi connectivity index (χ1v) is 11.0. The van der Waals surface area contributed by atoms with Crippen molar-refractivity contribution in [1.82, 2.24) is 20.1 Å². The number of anilines is 1. The van der Waals surface area contributed by atoms with E-state index < -0.39 is 0 Å². The van der Waals surface area contributed by atoms with E-state index in [0.717, 1.165) is 53.8 Å². The lowest BCUT2D eigenvalue weighted by Gasteiger charge is -2.24. The first kappa shape index (κ1) is 20.3. The zero-order chi connectivity index (χ0) is 20.8. The molecule has 8 heteroatoms. The Morgan fingerprint density at radius 3 is 2.57 bits per heavy atom. The molecule has 4 rings (SSSR count). The van der Waals surface area contributed by atoms with Crippen molar-refractivity contribution in [2.45, 2.75) is 17.3 Å². The maximum absolute atomic E-state index is 13.0. The summed E-state index contributed by atoms with van der Waals surface area (Å²) in [6.07, 6.45) is 2.45. The van der Waals surface area contributed by atoms with E-state index in [2.05, 4.69) is 32.2 Å². The number of methoxy groups -OCH3 is 1. The molecular weight excluding hydrogens is 398 g/mol. The van der Waals surface area contributed by atoms with E-state index in [1.165, 1.54) is 12.0 Å². The van der Waals surface area contributed by atoms with Gasteiger partial charge in [0.1, 0.15) is 12.1 Å². The number of carbonyl (C=O) groups excluding carboxylic acids is 1. The van der Waals surface area contributed by atoms with Crippen LogP contribution in [0.25, 0.3) is 0 Å². The van der Waals surface area contributed by atoms with Crippen LogP contribution in [-0.2, 0) is 5.75 Å². The number of rotatable bonds is 6. The molecule has 1 aromatic heterocycles. The number of H-pyrrole nitrogens is 1. The minimum Gasteiger partial charge on any atom is -0.497 e. The van der Waals surface area contributed by atoms with Gasteiger partial charge in [-0.1, -0.05) is 23.9 Å². The van der Waals surface area contributed by atoms with Crippen LogP contribution >= 0.6 is 11.8 Å². The van der Waals surface area contributed by atoms with Crippen molar-refractivity contribution in [2.75, 3.05) is 38.2 Å². The molecule has 1 saturated heterocycles. The predicted molar refractivity (Wildman–Crippen MR) is 118 cm³/mol. The Bertz CT molecular complexity index is 945. The lowest BCUT2D eigenvalue weighted by Crippen LogP contribution is -2.35. The molecule has 0 radical (unpaired) electrons. The van der Waals surface area contributed by atoms with Crippen molar-refractivity contribution in [3.05, 3.63) is 66.0 Å². The second-order valence-corrected chi connectivity index (χ2v) is 8.07. The third-order valence-corrected chi connectivity index (χ3v) is 6.14. The number of nitrogens with zero attached hydrogens (tertiary/aromatic N) is 4. The van der Waals surface area contributed by atoms with Crippen LogP contribution in [0.15, 0.2) is 60.0 Å². The number of nitrogens with one attached hydrogen (secondary N) is 1. The molecule has 0 unspecified atom stereocenters. The van der Waals surface area contributed by atoms with Crippen LogP contribution in [0, 0.1) is 0 Å². The van der Waals surface area contributed by atoms with E-state index in [0.29, 0.717) is 6.54 Å². The summed E-state index contributed by atoms with van der Waals surface area (Å²) in [5.41, 5.74) is 3.05. The third kappa shape index (κ3) is 4.94. The van der Waals surface area contributed by atoms with Gasteiger partial charge in [-0.25, -0.2) is 4.98 Å². The number of aromatic nitrogens is 3. The van der Waals surface area contributed by atoms with Gasteiger partial charge in [0.15, 0.2) is 5.16 Å². The van der Waals surface area contributed by atoms with Gasteiger partial charge in [-0.3, -0.25) is 9.89 Å². The fourth-order valence-electron chi connectivity index (χ4n) is 3.51. The zero-order valence-electron chi connectivity index (χ0n) is 17.0. The molecule has 3 aromatic rings. The minimum atomic E-state index is 0.0982. The fraction of sp³-hybridized carbons (Fsp3) is 0.318. The molecule has 0 aliphatic carbocycles. The maximum atomic E-state index is 13.0. The molecule has 2 aromatic carbocycles. The molecule has 0 saturated carbocycles. The summed E-state index contributed by atoms with van der Waals surface area (Å²) in [6.45, 7) is 3.25. The Morgan fingerprint density at radius 1 is 1.07 bits per heavy atom. The number of hydrogen-bond donors (Lipinski definition) is 1. The third-order valence-electron chi connectivity index (χ3n) is 5.19. The molecule has 0 atom stereocenters. The van der Waals surface area contributed by atoms with Crippen LogP contribution in [0.3, 0.4) is 0 Å². The number of aromatic amines is 1. The van der Waals surface area contributed by atoms with Gasteiger partial charge in [-0.15, -0.1) is 0 Å². The summed E-state index contributed by atoms with van der Waals surface area (Å²) in [4.78, 5) is 21.4. The van der Waals surface area contributed by atoms with Gasteiger partial charge in [0.25, 0.3) is 5.91 Å². The standard InChI is InChI=1S/C22H25N5O2S/c1-29-20-9-7-19(8-10-20)26-11-2-12-27(14-13-26)21(28)18-5-3-17(4-6-18)15-30-22-23-16-24-25-22/h3-10,16H,2,11-15H2,1H3,(H,23,24,25). The summed E-state index contributed by atoms with van der Waals surface area (Å²) < 4.78 is 5.24. The number of amides is 1. The smallest absolute Gasteiger partial charge is 0.253 e. The van der Waals surface area contributed by atoms with Crippen molar-refractivity contribution in [1.29, 1.82) is 0 Å². The summed E-state index contributed by atoms with van der Waals surface area (Å²) >= 11 is 1.59. The van der Waals surface area contributed by atoms with Crippen LogP contribution in [0.1, 0.15) is 22.3 Å². The number of ether oxygens (including phenoxy) is 1. The molecule has 30 heavy (non-hydrogen) atoms. The first-order chi connectivity index (χ1) is 14.7. The van der Waals surface area contributed by atoms with E-state index in [9.17, 15) is 4.79 Å². The molecule has 156 valence electrons. The highest BCUT2D eigenvalue weighted by atomic mass is 32.2. The molecule has 0 bridgehead atoms.